The van der Waals surface area contributed by atoms with Crippen molar-refractivity contribution >= 4 is 0 Å². The van der Waals surface area contributed by atoms with Gasteiger partial charge < -0.3 is 4.74 Å². The Kier molecular flexibility index (Phi) is 12.0. The third kappa shape index (κ3) is 8.47. The molecule has 0 aromatic heterocycles. The van der Waals surface area contributed by atoms with Crippen LogP contribution in [0, 0.1) is 11.6 Å². The van der Waals surface area contributed by atoms with Crippen LogP contribution in [0.1, 0.15) is 90.0 Å². The molecule has 0 amide bonds. The van der Waals surface area contributed by atoms with E-state index in [2.05, 4.69) is 38.1 Å². The Morgan fingerprint density at radius 3 is 1.69 bits per heavy atom. The molecule has 0 saturated carbocycles. The topological polar surface area (TPSA) is 9.23 Å². The lowest BCUT2D eigenvalue weighted by Crippen LogP contribution is -2.01. The minimum atomic E-state index is -0.913. The van der Waals surface area contributed by atoms with Crippen molar-refractivity contribution in [1.29, 1.82) is 0 Å². The normalized spacial score (nSPS) is 11.1. The second-order valence-corrected chi connectivity index (χ2v) is 9.79. The minimum Gasteiger partial charge on any atom is -0.490 e. The number of rotatable bonds is 16. The zero-order valence-corrected chi connectivity index (χ0v) is 22.1. The second-order valence-electron chi connectivity index (χ2n) is 9.79. The molecule has 3 heteroatoms. The minimum absolute atomic E-state index is 0.0130. The van der Waals surface area contributed by atoms with Crippen molar-refractivity contribution in [3.8, 4) is 28.0 Å². The maximum absolute atomic E-state index is 14.8. The summed E-state index contributed by atoms with van der Waals surface area (Å²) in [6.45, 7) is 4.79. The summed E-state index contributed by atoms with van der Waals surface area (Å²) in [5, 5.41) is 0. The first-order valence-electron chi connectivity index (χ1n) is 13.9. The van der Waals surface area contributed by atoms with Crippen LogP contribution in [0.25, 0.3) is 22.3 Å². The first-order chi connectivity index (χ1) is 17.6. The first kappa shape index (κ1) is 27.9. The zero-order valence-electron chi connectivity index (χ0n) is 22.1. The quantitative estimate of drug-likeness (QED) is 0.181. The van der Waals surface area contributed by atoms with E-state index in [1.54, 1.807) is 6.07 Å². The highest BCUT2D eigenvalue weighted by atomic mass is 19.2. The number of aryl methyl sites for hydroxylation is 1. The Labute approximate surface area is 216 Å². The average Bonchev–Trinajstić information content (AvgIpc) is 2.91. The molecule has 0 atom stereocenters. The summed E-state index contributed by atoms with van der Waals surface area (Å²) in [5.74, 6) is -1.78. The summed E-state index contributed by atoms with van der Waals surface area (Å²) in [6.07, 6.45) is 14.5. The lowest BCUT2D eigenvalue weighted by Gasteiger charge is -2.11. The predicted octanol–water partition coefficient (Wildman–Crippen LogP) is 10.6. The fraction of sp³-hybridized carbons (Fsp3) is 0.455. The van der Waals surface area contributed by atoms with Gasteiger partial charge in [0.2, 0.25) is 5.82 Å². The van der Waals surface area contributed by atoms with E-state index < -0.39 is 11.6 Å². The highest BCUT2D eigenvalue weighted by molar-refractivity contribution is 5.71. The summed E-state index contributed by atoms with van der Waals surface area (Å²) in [7, 11) is 0. The molecule has 36 heavy (non-hydrogen) atoms. The van der Waals surface area contributed by atoms with E-state index >= 15 is 0 Å². The molecular weight excluding hydrogens is 450 g/mol. The highest BCUT2D eigenvalue weighted by Gasteiger charge is 2.16. The first-order valence-corrected chi connectivity index (χ1v) is 13.9. The molecule has 3 aromatic carbocycles. The molecule has 0 bridgehead atoms. The molecule has 0 aliphatic carbocycles. The summed E-state index contributed by atoms with van der Waals surface area (Å²) < 4.78 is 34.9. The van der Waals surface area contributed by atoms with Gasteiger partial charge in [-0.25, -0.2) is 4.39 Å². The van der Waals surface area contributed by atoms with Crippen LogP contribution in [-0.4, -0.2) is 6.61 Å². The van der Waals surface area contributed by atoms with Crippen LogP contribution in [0.4, 0.5) is 8.78 Å². The second kappa shape index (κ2) is 15.4. The molecule has 0 N–H and O–H groups in total. The molecule has 0 aliphatic rings. The van der Waals surface area contributed by atoms with Crippen molar-refractivity contribution < 1.29 is 13.5 Å². The largest absolute Gasteiger partial charge is 0.490 e. The monoisotopic (exact) mass is 492 g/mol. The van der Waals surface area contributed by atoms with Gasteiger partial charge in [0.05, 0.1) is 6.61 Å². The molecule has 0 spiro atoms. The van der Waals surface area contributed by atoms with Crippen LogP contribution >= 0.6 is 0 Å². The lowest BCUT2D eigenvalue weighted by atomic mass is 9.98. The van der Waals surface area contributed by atoms with Gasteiger partial charge >= 0.3 is 0 Å². The summed E-state index contributed by atoms with van der Waals surface area (Å²) >= 11 is 0. The van der Waals surface area contributed by atoms with E-state index in [9.17, 15) is 8.78 Å². The maximum atomic E-state index is 14.8. The fourth-order valence-corrected chi connectivity index (χ4v) is 4.57. The standard InChI is InChI=1S/C33H42F2O/c1-3-5-7-9-10-11-12-14-26-15-17-27(18-16-26)28-19-21-29(22-20-28)30-23-24-31(33(35)32(30)34)36-25-13-8-6-4-2/h15-24H,3-14,25H2,1-2H3. The molecule has 0 fully saturated rings. The van der Waals surface area contributed by atoms with Crippen LogP contribution in [0.3, 0.4) is 0 Å². The number of halogens is 2. The Morgan fingerprint density at radius 2 is 1.06 bits per heavy atom. The Hall–Kier alpha value is -2.68. The molecular formula is C33H42F2O. The Bertz CT molecular complexity index is 1020. The molecule has 3 aromatic rings. The Balaban J connectivity index is 1.54. The van der Waals surface area contributed by atoms with E-state index in [0.717, 1.165) is 43.2 Å². The SMILES string of the molecule is CCCCCCCCCc1ccc(-c2ccc(-c3ccc(OCCCCCC)c(F)c3F)cc2)cc1. The number of hydrogen-bond acceptors (Lipinski definition) is 1. The summed E-state index contributed by atoms with van der Waals surface area (Å²) in [5.41, 5.74) is 4.47. The molecule has 0 radical (unpaired) electrons. The number of unbranched alkanes of at least 4 members (excludes halogenated alkanes) is 9. The molecule has 0 heterocycles. The molecule has 1 nitrogen and oxygen atoms in total. The van der Waals surface area contributed by atoms with Crippen LogP contribution in [0.5, 0.6) is 5.75 Å². The van der Waals surface area contributed by atoms with E-state index in [4.69, 9.17) is 4.74 Å². The highest BCUT2D eigenvalue weighted by Crippen LogP contribution is 2.31. The fourth-order valence-electron chi connectivity index (χ4n) is 4.57. The van der Waals surface area contributed by atoms with E-state index in [0.29, 0.717) is 12.2 Å². The zero-order chi connectivity index (χ0) is 25.6. The smallest absolute Gasteiger partial charge is 0.201 e. The number of hydrogen-bond donors (Lipinski definition) is 0. The summed E-state index contributed by atoms with van der Waals surface area (Å²) in [4.78, 5) is 0. The van der Waals surface area contributed by atoms with Gasteiger partial charge in [0.15, 0.2) is 11.6 Å². The van der Waals surface area contributed by atoms with Gasteiger partial charge in [-0.2, -0.15) is 4.39 Å². The van der Waals surface area contributed by atoms with Crippen LogP contribution in [0.15, 0.2) is 60.7 Å². The van der Waals surface area contributed by atoms with E-state index in [-0.39, 0.29) is 11.3 Å². The lowest BCUT2D eigenvalue weighted by molar-refractivity contribution is 0.285. The van der Waals surface area contributed by atoms with Gasteiger partial charge in [0, 0.05) is 5.56 Å². The average molecular weight is 493 g/mol. The molecule has 0 saturated heterocycles. The maximum Gasteiger partial charge on any atom is 0.201 e. The van der Waals surface area contributed by atoms with Gasteiger partial charge in [-0.3, -0.25) is 0 Å². The van der Waals surface area contributed by atoms with Gasteiger partial charge in [-0.1, -0.05) is 120 Å². The van der Waals surface area contributed by atoms with Crippen molar-refractivity contribution in [1.82, 2.24) is 0 Å². The van der Waals surface area contributed by atoms with Crippen molar-refractivity contribution in [2.75, 3.05) is 6.61 Å². The molecule has 3 rings (SSSR count). The van der Waals surface area contributed by atoms with Gasteiger partial charge in [0.25, 0.3) is 0 Å². The third-order valence-electron chi connectivity index (χ3n) is 6.85. The van der Waals surface area contributed by atoms with E-state index in [1.165, 1.54) is 56.6 Å². The van der Waals surface area contributed by atoms with Gasteiger partial charge in [-0.05, 0) is 53.6 Å². The van der Waals surface area contributed by atoms with E-state index in [1.807, 2.05) is 24.3 Å². The number of ether oxygens (including phenoxy) is 1. The van der Waals surface area contributed by atoms with Crippen LogP contribution < -0.4 is 4.74 Å². The third-order valence-corrected chi connectivity index (χ3v) is 6.85. The molecule has 0 unspecified atom stereocenters. The Morgan fingerprint density at radius 1 is 0.528 bits per heavy atom. The molecule has 0 aliphatic heterocycles. The van der Waals surface area contributed by atoms with Crippen molar-refractivity contribution in [3.05, 3.63) is 77.9 Å². The van der Waals surface area contributed by atoms with Crippen molar-refractivity contribution in [2.45, 2.75) is 90.9 Å². The van der Waals surface area contributed by atoms with Crippen LogP contribution in [0.2, 0.25) is 0 Å². The summed E-state index contributed by atoms with van der Waals surface area (Å²) in [6, 6.07) is 19.5. The van der Waals surface area contributed by atoms with Crippen LogP contribution in [-0.2, 0) is 6.42 Å². The number of benzene rings is 3. The van der Waals surface area contributed by atoms with Gasteiger partial charge in [0.1, 0.15) is 0 Å². The van der Waals surface area contributed by atoms with Gasteiger partial charge in [-0.15, -0.1) is 0 Å². The van der Waals surface area contributed by atoms with Crippen molar-refractivity contribution in [3.63, 3.8) is 0 Å². The predicted molar refractivity (Wildman–Crippen MR) is 149 cm³/mol. The molecule has 194 valence electrons. The van der Waals surface area contributed by atoms with Crippen molar-refractivity contribution in [2.24, 2.45) is 0 Å².